The Hall–Kier alpha value is -1.36. The first-order valence-electron chi connectivity index (χ1n) is 5.56. The molecular weight excluding hydrogens is 204 g/mol. The highest BCUT2D eigenvalue weighted by atomic mass is 16.2. The summed E-state index contributed by atoms with van der Waals surface area (Å²) in [6.07, 6.45) is 4.84. The number of rotatable bonds is 6. The van der Waals surface area contributed by atoms with Crippen molar-refractivity contribution < 1.29 is 4.79 Å². The Labute approximate surface area is 96.5 Å². The standard InChI is InChI=1S/C11H20N4O/c1-4-6-15-7-5-13-10(15)8-12-9-11(16)14(2)3/h5,7,12H,4,6,8-9H2,1-3H3. The average Bonchev–Trinajstić information content (AvgIpc) is 2.66. The van der Waals surface area contributed by atoms with Crippen LogP contribution < -0.4 is 5.32 Å². The lowest BCUT2D eigenvalue weighted by Crippen LogP contribution is -2.33. The van der Waals surface area contributed by atoms with E-state index < -0.39 is 0 Å². The molecule has 0 atom stereocenters. The summed E-state index contributed by atoms with van der Waals surface area (Å²) in [7, 11) is 3.50. The van der Waals surface area contributed by atoms with Crippen molar-refractivity contribution in [2.24, 2.45) is 0 Å². The first-order chi connectivity index (χ1) is 7.65. The fourth-order valence-electron chi connectivity index (χ4n) is 1.39. The quantitative estimate of drug-likeness (QED) is 0.764. The van der Waals surface area contributed by atoms with Gasteiger partial charge in [0.1, 0.15) is 5.82 Å². The maximum atomic E-state index is 11.3. The van der Waals surface area contributed by atoms with Crippen LogP contribution in [0, 0.1) is 0 Å². The Bertz CT molecular complexity index is 332. The number of nitrogens with zero attached hydrogens (tertiary/aromatic N) is 3. The van der Waals surface area contributed by atoms with Gasteiger partial charge in [0, 0.05) is 33.0 Å². The summed E-state index contributed by atoms with van der Waals surface area (Å²) in [5, 5.41) is 3.09. The van der Waals surface area contributed by atoms with E-state index in [0.717, 1.165) is 18.8 Å². The molecule has 0 saturated heterocycles. The molecule has 1 aromatic heterocycles. The van der Waals surface area contributed by atoms with E-state index in [1.54, 1.807) is 25.2 Å². The molecule has 0 aliphatic rings. The van der Waals surface area contributed by atoms with Crippen LogP contribution >= 0.6 is 0 Å². The zero-order valence-electron chi connectivity index (χ0n) is 10.2. The first kappa shape index (κ1) is 12.7. The number of amides is 1. The molecule has 5 nitrogen and oxygen atoms in total. The number of imidazole rings is 1. The van der Waals surface area contributed by atoms with Crippen LogP contribution in [-0.4, -0.2) is 41.0 Å². The van der Waals surface area contributed by atoms with Crippen molar-refractivity contribution >= 4 is 5.91 Å². The van der Waals surface area contributed by atoms with Crippen LogP contribution in [0.5, 0.6) is 0 Å². The highest BCUT2D eigenvalue weighted by Gasteiger charge is 2.05. The summed E-state index contributed by atoms with van der Waals surface area (Å²) in [6, 6.07) is 0. The minimum atomic E-state index is 0.0774. The Balaban J connectivity index is 2.37. The van der Waals surface area contributed by atoms with Crippen LogP contribution in [0.1, 0.15) is 19.2 Å². The van der Waals surface area contributed by atoms with Gasteiger partial charge in [-0.2, -0.15) is 0 Å². The van der Waals surface area contributed by atoms with Gasteiger partial charge in [-0.1, -0.05) is 6.92 Å². The lowest BCUT2D eigenvalue weighted by Gasteiger charge is -2.11. The zero-order valence-corrected chi connectivity index (χ0v) is 10.2. The van der Waals surface area contributed by atoms with Gasteiger partial charge in [0.25, 0.3) is 0 Å². The second-order valence-electron chi connectivity index (χ2n) is 3.93. The predicted octanol–water partition coefficient (Wildman–Crippen LogP) is 0.471. The van der Waals surface area contributed by atoms with Gasteiger partial charge in [0.2, 0.25) is 5.91 Å². The maximum absolute atomic E-state index is 11.3. The monoisotopic (exact) mass is 224 g/mol. The zero-order chi connectivity index (χ0) is 12.0. The van der Waals surface area contributed by atoms with Crippen LogP contribution in [0.15, 0.2) is 12.4 Å². The van der Waals surface area contributed by atoms with E-state index in [4.69, 9.17) is 0 Å². The average molecular weight is 224 g/mol. The van der Waals surface area contributed by atoms with E-state index >= 15 is 0 Å². The van der Waals surface area contributed by atoms with E-state index in [-0.39, 0.29) is 5.91 Å². The Morgan fingerprint density at radius 2 is 2.31 bits per heavy atom. The third-order valence-electron chi connectivity index (χ3n) is 2.32. The molecule has 5 heteroatoms. The number of hydrogen-bond donors (Lipinski definition) is 1. The van der Waals surface area contributed by atoms with E-state index in [1.165, 1.54) is 0 Å². The number of aromatic nitrogens is 2. The smallest absolute Gasteiger partial charge is 0.236 e. The summed E-state index contributed by atoms with van der Waals surface area (Å²) < 4.78 is 2.10. The lowest BCUT2D eigenvalue weighted by atomic mass is 10.4. The summed E-state index contributed by atoms with van der Waals surface area (Å²) >= 11 is 0. The summed E-state index contributed by atoms with van der Waals surface area (Å²) in [4.78, 5) is 17.1. The van der Waals surface area contributed by atoms with Crippen molar-refractivity contribution in [1.82, 2.24) is 19.8 Å². The molecule has 90 valence electrons. The third kappa shape index (κ3) is 3.66. The molecule has 1 heterocycles. The molecule has 0 aliphatic carbocycles. The van der Waals surface area contributed by atoms with Crippen LogP contribution in [0.2, 0.25) is 0 Å². The lowest BCUT2D eigenvalue weighted by molar-refractivity contribution is -0.127. The van der Waals surface area contributed by atoms with E-state index in [0.29, 0.717) is 13.1 Å². The molecule has 1 rings (SSSR count). The molecule has 16 heavy (non-hydrogen) atoms. The molecule has 0 aliphatic heterocycles. The van der Waals surface area contributed by atoms with Gasteiger partial charge < -0.3 is 14.8 Å². The topological polar surface area (TPSA) is 50.2 Å². The summed E-state index contributed by atoms with van der Waals surface area (Å²) in [5.74, 6) is 1.06. The number of carbonyl (C=O) groups is 1. The number of carbonyl (C=O) groups excluding carboxylic acids is 1. The van der Waals surface area contributed by atoms with Crippen LogP contribution in [-0.2, 0) is 17.9 Å². The molecule has 1 amide bonds. The third-order valence-corrected chi connectivity index (χ3v) is 2.32. The molecule has 1 aromatic rings. The Kier molecular flexibility index (Phi) is 4.98. The number of hydrogen-bond acceptors (Lipinski definition) is 3. The molecule has 0 aromatic carbocycles. The number of aryl methyl sites for hydroxylation is 1. The van der Waals surface area contributed by atoms with E-state index in [1.807, 2.05) is 6.20 Å². The van der Waals surface area contributed by atoms with Gasteiger partial charge >= 0.3 is 0 Å². The van der Waals surface area contributed by atoms with Crippen LogP contribution in [0.25, 0.3) is 0 Å². The highest BCUT2D eigenvalue weighted by Crippen LogP contribution is 1.98. The molecule has 0 spiro atoms. The molecule has 0 fully saturated rings. The number of likely N-dealkylation sites (N-methyl/N-ethyl adjacent to an activating group) is 1. The normalized spacial score (nSPS) is 10.4. The maximum Gasteiger partial charge on any atom is 0.236 e. The van der Waals surface area contributed by atoms with Gasteiger partial charge in [-0.05, 0) is 6.42 Å². The van der Waals surface area contributed by atoms with Gasteiger partial charge in [0.05, 0.1) is 13.1 Å². The van der Waals surface area contributed by atoms with Crippen molar-refractivity contribution in [3.05, 3.63) is 18.2 Å². The molecular formula is C11H20N4O. The van der Waals surface area contributed by atoms with Crippen molar-refractivity contribution in [2.45, 2.75) is 26.4 Å². The molecule has 0 unspecified atom stereocenters. The van der Waals surface area contributed by atoms with Crippen molar-refractivity contribution in [3.8, 4) is 0 Å². The highest BCUT2D eigenvalue weighted by molar-refractivity contribution is 5.77. The van der Waals surface area contributed by atoms with Crippen molar-refractivity contribution in [1.29, 1.82) is 0 Å². The SMILES string of the molecule is CCCn1ccnc1CNCC(=O)N(C)C. The fraction of sp³-hybridized carbons (Fsp3) is 0.636. The van der Waals surface area contributed by atoms with Gasteiger partial charge in [-0.15, -0.1) is 0 Å². The van der Waals surface area contributed by atoms with E-state index in [9.17, 15) is 4.79 Å². The van der Waals surface area contributed by atoms with Crippen molar-refractivity contribution in [3.63, 3.8) is 0 Å². The van der Waals surface area contributed by atoms with E-state index in [2.05, 4.69) is 21.8 Å². The summed E-state index contributed by atoms with van der Waals surface area (Å²) in [5.41, 5.74) is 0. The minimum Gasteiger partial charge on any atom is -0.348 e. The molecule has 1 N–H and O–H groups in total. The first-order valence-corrected chi connectivity index (χ1v) is 5.56. The van der Waals surface area contributed by atoms with Crippen molar-refractivity contribution in [2.75, 3.05) is 20.6 Å². The van der Waals surface area contributed by atoms with Crippen LogP contribution in [0.4, 0.5) is 0 Å². The largest absolute Gasteiger partial charge is 0.348 e. The summed E-state index contributed by atoms with van der Waals surface area (Å²) in [6.45, 7) is 4.09. The Morgan fingerprint density at radius 1 is 1.56 bits per heavy atom. The predicted molar refractivity (Wildman–Crippen MR) is 62.9 cm³/mol. The molecule has 0 saturated carbocycles. The second kappa shape index (κ2) is 6.27. The second-order valence-corrected chi connectivity index (χ2v) is 3.93. The number of nitrogens with one attached hydrogen (secondary N) is 1. The van der Waals surface area contributed by atoms with Gasteiger partial charge in [-0.3, -0.25) is 4.79 Å². The minimum absolute atomic E-state index is 0.0774. The molecule has 0 radical (unpaired) electrons. The fourth-order valence-corrected chi connectivity index (χ4v) is 1.39. The molecule has 0 bridgehead atoms. The van der Waals surface area contributed by atoms with Gasteiger partial charge in [0.15, 0.2) is 0 Å². The Morgan fingerprint density at radius 3 is 2.94 bits per heavy atom. The van der Waals surface area contributed by atoms with Crippen LogP contribution in [0.3, 0.4) is 0 Å². The van der Waals surface area contributed by atoms with Gasteiger partial charge in [-0.25, -0.2) is 4.98 Å².